The molecule has 0 spiro atoms. The molecule has 0 aliphatic carbocycles. The van der Waals surface area contributed by atoms with Crippen LogP contribution < -0.4 is 0 Å². The van der Waals surface area contributed by atoms with Gasteiger partial charge in [-0.3, -0.25) is 0 Å². The Hall–Kier alpha value is -1.78. The van der Waals surface area contributed by atoms with E-state index in [0.29, 0.717) is 0 Å². The average molecular weight is 604 g/mol. The normalized spacial score (nSPS) is 44.1. The van der Waals surface area contributed by atoms with Gasteiger partial charge in [-0.1, -0.05) is 24.3 Å². The van der Waals surface area contributed by atoms with Crippen LogP contribution >= 0.6 is 31.9 Å². The molecule has 180 valence electrons. The molecule has 9 heteroatoms. The van der Waals surface area contributed by atoms with E-state index in [1.54, 1.807) is 0 Å². The second kappa shape index (κ2) is 6.55. The van der Waals surface area contributed by atoms with Gasteiger partial charge in [0.25, 0.3) is 0 Å². The smallest absolute Gasteiger partial charge is 0.339 e. The molecule has 10 atom stereocenters. The van der Waals surface area contributed by atoms with E-state index in [4.69, 9.17) is 23.7 Å². The number of carbonyl (C=O) groups is 2. The molecule has 0 unspecified atom stereocenters. The maximum Gasteiger partial charge on any atom is 0.339 e. The zero-order valence-corrected chi connectivity index (χ0v) is 21.9. The SMILES string of the molecule is COC(=O)[C@@]12O[C@@](C(=O)OC)([C@@H]3[C@H]1[C@@H]1O[C@H]3c3cc(Br)c(Br)cc31)[C@H]1[C@@H]2[C@H]2O[C@@H]1c1ccccc12. The molecule has 0 radical (unpaired) electrons. The highest BCUT2D eigenvalue weighted by atomic mass is 79.9. The topological polar surface area (TPSA) is 80.3 Å². The number of ether oxygens (including phenoxy) is 5. The summed E-state index contributed by atoms with van der Waals surface area (Å²) < 4.78 is 32.6. The van der Waals surface area contributed by atoms with Gasteiger partial charge in [-0.15, -0.1) is 0 Å². The van der Waals surface area contributed by atoms with Crippen molar-refractivity contribution in [3.63, 3.8) is 0 Å². The maximum absolute atomic E-state index is 13.8. The summed E-state index contributed by atoms with van der Waals surface area (Å²) in [6.45, 7) is 0. The third-order valence-corrected chi connectivity index (χ3v) is 11.2. The van der Waals surface area contributed by atoms with Crippen LogP contribution in [-0.2, 0) is 33.3 Å². The van der Waals surface area contributed by atoms with E-state index in [-0.39, 0.29) is 24.0 Å². The van der Waals surface area contributed by atoms with Gasteiger partial charge in [0.05, 0.1) is 38.6 Å². The van der Waals surface area contributed by atoms with Crippen molar-refractivity contribution in [3.05, 3.63) is 67.6 Å². The highest BCUT2D eigenvalue weighted by Crippen LogP contribution is 2.82. The highest BCUT2D eigenvalue weighted by Gasteiger charge is 2.91. The Bertz CT molecular complexity index is 1260. The third-order valence-electron chi connectivity index (χ3n) is 9.34. The first-order valence-corrected chi connectivity index (χ1v) is 13.2. The second-order valence-corrected chi connectivity index (χ2v) is 12.0. The van der Waals surface area contributed by atoms with Crippen LogP contribution in [0.15, 0.2) is 45.3 Å². The number of rotatable bonds is 2. The number of benzene rings is 2. The number of hydrogen-bond acceptors (Lipinski definition) is 7. The summed E-state index contributed by atoms with van der Waals surface area (Å²) in [6, 6.07) is 12.1. The Kier molecular flexibility index (Phi) is 3.99. The van der Waals surface area contributed by atoms with E-state index in [0.717, 1.165) is 31.2 Å². The first kappa shape index (κ1) is 21.3. The fraction of sp³-hybridized carbons (Fsp3) is 0.462. The van der Waals surface area contributed by atoms with Crippen molar-refractivity contribution >= 4 is 43.8 Å². The molecule has 2 aromatic carbocycles. The van der Waals surface area contributed by atoms with Gasteiger partial charge in [0, 0.05) is 32.6 Å². The predicted molar refractivity (Wildman–Crippen MR) is 126 cm³/mol. The van der Waals surface area contributed by atoms with Gasteiger partial charge in [-0.2, -0.15) is 0 Å². The zero-order chi connectivity index (χ0) is 24.0. The van der Waals surface area contributed by atoms with Crippen LogP contribution in [0.5, 0.6) is 0 Å². The number of hydrogen-bond donors (Lipinski definition) is 0. The van der Waals surface area contributed by atoms with Crippen molar-refractivity contribution in [1.82, 2.24) is 0 Å². The predicted octanol–water partition coefficient (Wildman–Crippen LogP) is 4.50. The highest BCUT2D eigenvalue weighted by molar-refractivity contribution is 9.13. The maximum atomic E-state index is 13.8. The quantitative estimate of drug-likeness (QED) is 0.468. The summed E-state index contributed by atoms with van der Waals surface area (Å²) >= 11 is 7.21. The van der Waals surface area contributed by atoms with E-state index in [1.165, 1.54) is 14.2 Å². The van der Waals surface area contributed by atoms with E-state index in [1.807, 2.05) is 36.4 Å². The molecule has 6 heterocycles. The van der Waals surface area contributed by atoms with E-state index in [9.17, 15) is 9.59 Å². The summed E-state index contributed by atoms with van der Waals surface area (Å²) in [5.74, 6) is -2.55. The van der Waals surface area contributed by atoms with Crippen LogP contribution in [0.1, 0.15) is 46.7 Å². The van der Waals surface area contributed by atoms with Crippen molar-refractivity contribution in [1.29, 1.82) is 0 Å². The lowest BCUT2D eigenvalue weighted by Gasteiger charge is -2.46. The Morgan fingerprint density at radius 3 is 1.46 bits per heavy atom. The minimum atomic E-state index is -1.39. The Balaban J connectivity index is 1.41. The molecule has 2 aromatic rings. The van der Waals surface area contributed by atoms with Gasteiger partial charge in [-0.05, 0) is 66.2 Å². The zero-order valence-electron chi connectivity index (χ0n) is 18.7. The van der Waals surface area contributed by atoms with E-state index < -0.39 is 47.2 Å². The van der Waals surface area contributed by atoms with Crippen LogP contribution in [0.25, 0.3) is 0 Å². The molecule has 35 heavy (non-hydrogen) atoms. The Morgan fingerprint density at radius 2 is 1.09 bits per heavy atom. The molecule has 6 aliphatic rings. The minimum absolute atomic E-state index is 0.372. The fourth-order valence-corrected chi connectivity index (χ4v) is 9.21. The molecule has 4 saturated heterocycles. The number of halogens is 2. The van der Waals surface area contributed by atoms with Crippen LogP contribution in [0, 0.1) is 23.7 Å². The lowest BCUT2D eigenvalue weighted by Crippen LogP contribution is -2.60. The van der Waals surface area contributed by atoms with Crippen LogP contribution in [0.2, 0.25) is 0 Å². The summed E-state index contributed by atoms with van der Waals surface area (Å²) in [6.07, 6.45) is -1.57. The third kappa shape index (κ3) is 2.07. The first-order chi connectivity index (χ1) is 16.9. The Labute approximate surface area is 217 Å². The van der Waals surface area contributed by atoms with Gasteiger partial charge in [0.1, 0.15) is 0 Å². The van der Waals surface area contributed by atoms with E-state index in [2.05, 4.69) is 31.9 Å². The number of methoxy groups -OCH3 is 2. The largest absolute Gasteiger partial charge is 0.467 e. The molecular weight excluding hydrogens is 584 g/mol. The lowest BCUT2D eigenvalue weighted by molar-refractivity contribution is -0.198. The fourth-order valence-electron chi connectivity index (χ4n) is 8.48. The standard InChI is InChI=1S/C26H20Br2O7/c1-31-23(29)25-15-16(20-10-6-4-3-5-9(10)19(15)33-20)26(35-25,24(30)32-2)18-17(25)21-11-7-13(27)14(28)8-12(11)22(18)34-21/h3-8,15-22H,1-2H3/t15-,16+,17+,18-,19+,20-,21-,22+,25+,26-. The average Bonchev–Trinajstić information content (AvgIpc) is 3.68. The van der Waals surface area contributed by atoms with Crippen LogP contribution in [-0.4, -0.2) is 37.4 Å². The molecule has 0 amide bonds. The van der Waals surface area contributed by atoms with Crippen LogP contribution in [0.4, 0.5) is 0 Å². The molecule has 0 saturated carbocycles. The lowest BCUT2D eigenvalue weighted by atomic mass is 9.49. The van der Waals surface area contributed by atoms with Gasteiger partial charge in [0.2, 0.25) is 0 Å². The van der Waals surface area contributed by atoms with Gasteiger partial charge >= 0.3 is 11.9 Å². The van der Waals surface area contributed by atoms with Crippen molar-refractivity contribution in [2.24, 2.45) is 23.7 Å². The summed E-state index contributed by atoms with van der Waals surface area (Å²) in [7, 11) is 2.75. The molecule has 6 bridgehead atoms. The van der Waals surface area contributed by atoms with Crippen molar-refractivity contribution < 1.29 is 33.3 Å². The summed E-state index contributed by atoms with van der Waals surface area (Å²) in [5, 5.41) is 0. The van der Waals surface area contributed by atoms with Crippen molar-refractivity contribution in [2.45, 2.75) is 35.6 Å². The Morgan fingerprint density at radius 1 is 0.714 bits per heavy atom. The van der Waals surface area contributed by atoms with Gasteiger partial charge < -0.3 is 23.7 Å². The van der Waals surface area contributed by atoms with E-state index >= 15 is 0 Å². The molecule has 7 nitrogen and oxygen atoms in total. The molecule has 6 aliphatic heterocycles. The molecule has 8 rings (SSSR count). The van der Waals surface area contributed by atoms with Gasteiger partial charge in [-0.25, -0.2) is 9.59 Å². The number of carbonyl (C=O) groups excluding carboxylic acids is 2. The monoisotopic (exact) mass is 602 g/mol. The summed E-state index contributed by atoms with van der Waals surface area (Å²) in [5.41, 5.74) is 1.33. The first-order valence-electron chi connectivity index (χ1n) is 11.7. The summed E-state index contributed by atoms with van der Waals surface area (Å²) in [4.78, 5) is 27.6. The molecule has 0 N–H and O–H groups in total. The molecule has 0 aromatic heterocycles. The van der Waals surface area contributed by atoms with Gasteiger partial charge in [0.15, 0.2) is 11.2 Å². The minimum Gasteiger partial charge on any atom is -0.467 e. The van der Waals surface area contributed by atoms with Crippen molar-refractivity contribution in [3.8, 4) is 0 Å². The molecular formula is C26H20Br2O7. The molecule has 4 fully saturated rings. The number of fused-ring (bicyclic) bond motifs is 22. The van der Waals surface area contributed by atoms with Crippen LogP contribution in [0.3, 0.4) is 0 Å². The second-order valence-electron chi connectivity index (χ2n) is 10.3. The van der Waals surface area contributed by atoms with Crippen molar-refractivity contribution in [2.75, 3.05) is 14.2 Å². The number of esters is 2.